The lowest BCUT2D eigenvalue weighted by Gasteiger charge is -2.03. The van der Waals surface area contributed by atoms with E-state index in [4.69, 9.17) is 4.74 Å². The molecule has 0 saturated carbocycles. The highest BCUT2D eigenvalue weighted by atomic mass is 16.5. The maximum Gasteiger partial charge on any atom is 0.226 e. The fourth-order valence-electron chi connectivity index (χ4n) is 2.91. The van der Waals surface area contributed by atoms with E-state index in [1.165, 1.54) is 0 Å². The number of methoxy groups -OCH3 is 1. The number of hydrogen-bond acceptors (Lipinski definition) is 6. The number of nitrogens with one attached hydrogen (secondary N) is 1. The van der Waals surface area contributed by atoms with Crippen LogP contribution in [0, 0.1) is 0 Å². The number of ether oxygens (including phenoxy) is 1. The lowest BCUT2D eigenvalue weighted by atomic mass is 10.1. The van der Waals surface area contributed by atoms with E-state index in [0.29, 0.717) is 24.4 Å². The van der Waals surface area contributed by atoms with Crippen LogP contribution in [0.5, 0.6) is 5.75 Å². The third kappa shape index (κ3) is 4.55. The number of nitrogens with zero attached hydrogens (tertiary/aromatic N) is 5. The summed E-state index contributed by atoms with van der Waals surface area (Å²) in [4.78, 5) is 25.1. The van der Waals surface area contributed by atoms with Crippen molar-refractivity contribution >= 4 is 11.6 Å². The largest absolute Gasteiger partial charge is 0.497 e. The normalized spacial score (nSPS) is 10.8. The third-order valence-electron chi connectivity index (χ3n) is 4.40. The van der Waals surface area contributed by atoms with E-state index in [-0.39, 0.29) is 12.3 Å². The van der Waals surface area contributed by atoms with Crippen LogP contribution in [0.4, 0.5) is 0 Å². The molecule has 1 amide bonds. The standard InChI is InChI=1S/C21H20N6O2/c1-29-17-7-5-15(6-8-17)18-13-20-25-19(26-27(20)14-24-18)9-11-23-21(28)12-16-4-2-3-10-22-16/h2-8,10,13-14H,9,11-12H2,1H3,(H,23,28). The Kier molecular flexibility index (Phi) is 5.42. The number of fused-ring (bicyclic) bond motifs is 1. The highest BCUT2D eigenvalue weighted by Gasteiger charge is 2.08. The summed E-state index contributed by atoms with van der Waals surface area (Å²) in [6.45, 7) is 0.460. The van der Waals surface area contributed by atoms with Gasteiger partial charge in [-0.3, -0.25) is 9.78 Å². The zero-order chi connectivity index (χ0) is 20.1. The van der Waals surface area contributed by atoms with Gasteiger partial charge in [-0.15, -0.1) is 5.10 Å². The second kappa shape index (κ2) is 8.47. The first-order chi connectivity index (χ1) is 14.2. The van der Waals surface area contributed by atoms with Gasteiger partial charge in [-0.2, -0.15) is 0 Å². The first-order valence-corrected chi connectivity index (χ1v) is 9.23. The molecule has 3 heterocycles. The Bertz CT molecular complexity index is 1110. The van der Waals surface area contributed by atoms with E-state index in [1.54, 1.807) is 24.1 Å². The first kappa shape index (κ1) is 18.5. The van der Waals surface area contributed by atoms with Crippen molar-refractivity contribution in [3.8, 4) is 17.0 Å². The van der Waals surface area contributed by atoms with Gasteiger partial charge in [-0.25, -0.2) is 14.5 Å². The first-order valence-electron chi connectivity index (χ1n) is 9.23. The van der Waals surface area contributed by atoms with Gasteiger partial charge < -0.3 is 10.1 Å². The van der Waals surface area contributed by atoms with Gasteiger partial charge in [-0.1, -0.05) is 6.07 Å². The average Bonchev–Trinajstić information content (AvgIpc) is 3.16. The van der Waals surface area contributed by atoms with Crippen LogP contribution in [0.2, 0.25) is 0 Å². The Balaban J connectivity index is 1.38. The van der Waals surface area contributed by atoms with Crippen molar-refractivity contribution in [3.63, 3.8) is 0 Å². The van der Waals surface area contributed by atoms with Crippen LogP contribution in [-0.2, 0) is 17.6 Å². The molecule has 0 radical (unpaired) electrons. The highest BCUT2D eigenvalue weighted by Crippen LogP contribution is 2.21. The van der Waals surface area contributed by atoms with E-state index in [9.17, 15) is 4.79 Å². The van der Waals surface area contributed by atoms with Crippen LogP contribution < -0.4 is 10.1 Å². The smallest absolute Gasteiger partial charge is 0.226 e. The van der Waals surface area contributed by atoms with Crippen molar-refractivity contribution < 1.29 is 9.53 Å². The predicted molar refractivity (Wildman–Crippen MR) is 107 cm³/mol. The number of carbonyl (C=O) groups is 1. The Morgan fingerprint density at radius 2 is 2.00 bits per heavy atom. The number of aromatic nitrogens is 5. The van der Waals surface area contributed by atoms with E-state index in [1.807, 2.05) is 48.5 Å². The maximum atomic E-state index is 12.0. The lowest BCUT2D eigenvalue weighted by Crippen LogP contribution is -2.27. The summed E-state index contributed by atoms with van der Waals surface area (Å²) in [5.41, 5.74) is 3.23. The summed E-state index contributed by atoms with van der Waals surface area (Å²) in [6, 6.07) is 15.1. The highest BCUT2D eigenvalue weighted by molar-refractivity contribution is 5.78. The SMILES string of the molecule is COc1ccc(-c2cc3nc(CCNC(=O)Cc4ccccn4)nn3cn2)cc1. The maximum absolute atomic E-state index is 12.0. The summed E-state index contributed by atoms with van der Waals surface area (Å²) in [6.07, 6.45) is 4.12. The fourth-order valence-corrected chi connectivity index (χ4v) is 2.91. The van der Waals surface area contributed by atoms with Crippen molar-refractivity contribution in [3.05, 3.63) is 72.6 Å². The molecule has 0 saturated heterocycles. The zero-order valence-electron chi connectivity index (χ0n) is 15.9. The number of carbonyl (C=O) groups excluding carboxylic acids is 1. The number of pyridine rings is 1. The van der Waals surface area contributed by atoms with Gasteiger partial charge >= 0.3 is 0 Å². The Morgan fingerprint density at radius 3 is 2.76 bits per heavy atom. The molecule has 29 heavy (non-hydrogen) atoms. The molecule has 8 nitrogen and oxygen atoms in total. The monoisotopic (exact) mass is 388 g/mol. The minimum Gasteiger partial charge on any atom is -0.497 e. The van der Waals surface area contributed by atoms with Gasteiger partial charge in [0.25, 0.3) is 0 Å². The molecule has 0 aliphatic carbocycles. The third-order valence-corrected chi connectivity index (χ3v) is 4.40. The van der Waals surface area contributed by atoms with E-state index in [2.05, 4.69) is 25.4 Å². The number of benzene rings is 1. The van der Waals surface area contributed by atoms with Gasteiger partial charge in [-0.05, 0) is 36.4 Å². The lowest BCUT2D eigenvalue weighted by molar-refractivity contribution is -0.120. The Labute approximate surface area is 167 Å². The Hall–Kier alpha value is -3.81. The molecule has 0 fully saturated rings. The molecule has 1 aromatic carbocycles. The molecular formula is C21H20N6O2. The van der Waals surface area contributed by atoms with Crippen LogP contribution in [0.1, 0.15) is 11.5 Å². The fraction of sp³-hybridized carbons (Fsp3) is 0.190. The second-order valence-corrected chi connectivity index (χ2v) is 6.43. The van der Waals surface area contributed by atoms with Gasteiger partial charge in [0.1, 0.15) is 12.1 Å². The molecule has 4 aromatic rings. The summed E-state index contributed by atoms with van der Waals surface area (Å²) < 4.78 is 6.82. The van der Waals surface area contributed by atoms with Crippen molar-refractivity contribution in [2.75, 3.05) is 13.7 Å². The number of rotatable bonds is 7. The van der Waals surface area contributed by atoms with Crippen LogP contribution in [0.15, 0.2) is 61.1 Å². The van der Waals surface area contributed by atoms with E-state index < -0.39 is 0 Å². The molecule has 4 rings (SSSR count). The number of hydrogen-bond donors (Lipinski definition) is 1. The molecule has 0 spiro atoms. The van der Waals surface area contributed by atoms with Crippen molar-refractivity contribution in [1.82, 2.24) is 29.9 Å². The van der Waals surface area contributed by atoms with E-state index in [0.717, 1.165) is 22.7 Å². The average molecular weight is 388 g/mol. The van der Waals surface area contributed by atoms with Gasteiger partial charge in [0, 0.05) is 36.5 Å². The molecule has 1 N–H and O–H groups in total. The summed E-state index contributed by atoms with van der Waals surface area (Å²) in [5.74, 6) is 1.37. The molecule has 3 aromatic heterocycles. The van der Waals surface area contributed by atoms with Crippen LogP contribution in [0.3, 0.4) is 0 Å². The topological polar surface area (TPSA) is 94.3 Å². The molecule has 0 atom stereocenters. The van der Waals surface area contributed by atoms with Gasteiger partial charge in [0.15, 0.2) is 11.5 Å². The summed E-state index contributed by atoms with van der Waals surface area (Å²) >= 11 is 0. The zero-order valence-corrected chi connectivity index (χ0v) is 15.9. The molecule has 0 bridgehead atoms. The second-order valence-electron chi connectivity index (χ2n) is 6.43. The van der Waals surface area contributed by atoms with Gasteiger partial charge in [0.2, 0.25) is 5.91 Å². The minimum atomic E-state index is -0.0732. The van der Waals surface area contributed by atoms with Crippen molar-refractivity contribution in [2.24, 2.45) is 0 Å². The van der Waals surface area contributed by atoms with Crippen LogP contribution in [-0.4, -0.2) is 44.1 Å². The van der Waals surface area contributed by atoms with Crippen LogP contribution in [0.25, 0.3) is 16.9 Å². The number of amides is 1. The minimum absolute atomic E-state index is 0.0732. The van der Waals surface area contributed by atoms with Gasteiger partial charge in [0.05, 0.1) is 19.2 Å². The molecule has 8 heteroatoms. The predicted octanol–water partition coefficient (Wildman–Crippen LogP) is 2.10. The van der Waals surface area contributed by atoms with Crippen molar-refractivity contribution in [2.45, 2.75) is 12.8 Å². The van der Waals surface area contributed by atoms with Crippen LogP contribution >= 0.6 is 0 Å². The molecule has 0 unspecified atom stereocenters. The van der Waals surface area contributed by atoms with E-state index >= 15 is 0 Å². The molecule has 146 valence electrons. The molecular weight excluding hydrogens is 368 g/mol. The van der Waals surface area contributed by atoms with Crippen molar-refractivity contribution in [1.29, 1.82) is 0 Å². The molecule has 0 aliphatic heterocycles. The Morgan fingerprint density at radius 1 is 1.14 bits per heavy atom. The molecule has 0 aliphatic rings. The summed E-state index contributed by atoms with van der Waals surface area (Å²) in [5, 5.41) is 7.29. The quantitative estimate of drug-likeness (QED) is 0.521. The summed E-state index contributed by atoms with van der Waals surface area (Å²) in [7, 11) is 1.64.